The Balaban J connectivity index is 2.20. The predicted molar refractivity (Wildman–Crippen MR) is 105 cm³/mol. The van der Waals surface area contributed by atoms with Gasteiger partial charge in [0.1, 0.15) is 11.6 Å². The number of anilines is 1. The molecule has 0 unspecified atom stereocenters. The second-order valence-corrected chi connectivity index (χ2v) is 6.34. The Labute approximate surface area is 155 Å². The molecule has 0 heterocycles. The van der Waals surface area contributed by atoms with Crippen LogP contribution in [0.4, 0.5) is 5.69 Å². The van der Waals surface area contributed by atoms with Gasteiger partial charge in [0.2, 0.25) is 0 Å². The molecular weight excluding hydrogens is 322 g/mol. The Bertz CT molecular complexity index is 804. The molecule has 0 atom stereocenters. The third kappa shape index (κ3) is 4.97. The highest BCUT2D eigenvalue weighted by molar-refractivity contribution is 5.97. The van der Waals surface area contributed by atoms with Crippen LogP contribution in [0.1, 0.15) is 31.9 Å². The van der Waals surface area contributed by atoms with Crippen molar-refractivity contribution in [3.8, 4) is 6.07 Å². The molecule has 0 bridgehead atoms. The van der Waals surface area contributed by atoms with Gasteiger partial charge in [0.15, 0.2) is 0 Å². The van der Waals surface area contributed by atoms with Gasteiger partial charge in [-0.2, -0.15) is 5.26 Å². The van der Waals surface area contributed by atoms with Crippen molar-refractivity contribution in [3.05, 3.63) is 77.5 Å². The van der Waals surface area contributed by atoms with Gasteiger partial charge in [-0.3, -0.25) is 4.79 Å². The molecule has 0 radical (unpaired) electrons. The number of hydrogen-bond donors (Lipinski definition) is 1. The number of nitrogens with zero attached hydrogens (tertiary/aromatic N) is 2. The monoisotopic (exact) mass is 347 g/mol. The first-order chi connectivity index (χ1) is 12.6. The maximum atomic E-state index is 12.9. The van der Waals surface area contributed by atoms with Crippen molar-refractivity contribution in [2.24, 2.45) is 0 Å². The molecule has 1 amide bonds. The minimum absolute atomic E-state index is 0.0117. The van der Waals surface area contributed by atoms with Gasteiger partial charge < -0.3 is 10.2 Å². The third-order valence-corrected chi connectivity index (χ3v) is 4.20. The molecule has 4 heteroatoms. The lowest BCUT2D eigenvalue weighted by Crippen LogP contribution is -2.37. The number of para-hydroxylation sites is 1. The smallest absolute Gasteiger partial charge is 0.266 e. The van der Waals surface area contributed by atoms with E-state index in [1.165, 1.54) is 6.20 Å². The first-order valence-corrected chi connectivity index (χ1v) is 8.86. The van der Waals surface area contributed by atoms with E-state index in [4.69, 9.17) is 0 Å². The van der Waals surface area contributed by atoms with E-state index < -0.39 is 0 Å². The molecule has 0 aliphatic heterocycles. The number of nitriles is 1. The summed E-state index contributed by atoms with van der Waals surface area (Å²) < 4.78 is 0. The van der Waals surface area contributed by atoms with Gasteiger partial charge >= 0.3 is 0 Å². The Morgan fingerprint density at radius 1 is 1.15 bits per heavy atom. The van der Waals surface area contributed by atoms with Gasteiger partial charge in [-0.15, -0.1) is 0 Å². The molecule has 0 aromatic heterocycles. The zero-order valence-corrected chi connectivity index (χ0v) is 15.6. The van der Waals surface area contributed by atoms with E-state index >= 15 is 0 Å². The zero-order chi connectivity index (χ0) is 18.9. The maximum Gasteiger partial charge on any atom is 0.266 e. The summed E-state index contributed by atoms with van der Waals surface area (Å²) >= 11 is 0. The van der Waals surface area contributed by atoms with Crippen molar-refractivity contribution < 1.29 is 4.79 Å². The van der Waals surface area contributed by atoms with Gasteiger partial charge in [-0.25, -0.2) is 0 Å². The number of aryl methyl sites for hydroxylation is 1. The van der Waals surface area contributed by atoms with Crippen molar-refractivity contribution in [1.82, 2.24) is 4.90 Å². The van der Waals surface area contributed by atoms with E-state index in [9.17, 15) is 10.1 Å². The number of amides is 1. The van der Waals surface area contributed by atoms with Crippen LogP contribution in [0, 0.1) is 11.3 Å². The highest BCUT2D eigenvalue weighted by Crippen LogP contribution is 2.17. The van der Waals surface area contributed by atoms with Crippen molar-refractivity contribution >= 4 is 11.6 Å². The number of hydrogen-bond acceptors (Lipinski definition) is 3. The Morgan fingerprint density at radius 2 is 1.81 bits per heavy atom. The van der Waals surface area contributed by atoms with Crippen LogP contribution in [-0.4, -0.2) is 16.8 Å². The average Bonchev–Trinajstić information content (AvgIpc) is 2.67. The van der Waals surface area contributed by atoms with Crippen LogP contribution in [0.2, 0.25) is 0 Å². The highest BCUT2D eigenvalue weighted by Gasteiger charge is 2.21. The maximum absolute atomic E-state index is 12.9. The van der Waals surface area contributed by atoms with Gasteiger partial charge in [0.25, 0.3) is 5.91 Å². The molecule has 0 fully saturated rings. The van der Waals surface area contributed by atoms with E-state index in [1.54, 1.807) is 4.90 Å². The summed E-state index contributed by atoms with van der Waals surface area (Å²) in [5.41, 5.74) is 3.19. The topological polar surface area (TPSA) is 56.1 Å². The molecule has 2 aromatic carbocycles. The lowest BCUT2D eigenvalue weighted by atomic mass is 10.1. The summed E-state index contributed by atoms with van der Waals surface area (Å²) in [6.07, 6.45) is 2.39. The fourth-order valence-electron chi connectivity index (χ4n) is 2.68. The van der Waals surface area contributed by atoms with Crippen molar-refractivity contribution in [3.63, 3.8) is 0 Å². The first kappa shape index (κ1) is 19.3. The summed E-state index contributed by atoms with van der Waals surface area (Å²) in [6.45, 7) is 6.45. The number of carbonyl (C=O) groups is 1. The predicted octanol–water partition coefficient (Wildman–Crippen LogP) is 4.51. The van der Waals surface area contributed by atoms with Crippen LogP contribution in [0.25, 0.3) is 0 Å². The van der Waals surface area contributed by atoms with Gasteiger partial charge in [-0.05, 0) is 37.5 Å². The molecule has 2 aromatic rings. The van der Waals surface area contributed by atoms with E-state index in [2.05, 4.69) is 12.2 Å². The van der Waals surface area contributed by atoms with Crippen LogP contribution in [0.15, 0.2) is 66.4 Å². The summed E-state index contributed by atoms with van der Waals surface area (Å²) in [4.78, 5) is 14.6. The largest absolute Gasteiger partial charge is 0.360 e. The number of rotatable bonds is 7. The fraction of sp³-hybridized carbons (Fsp3) is 0.273. The number of carbonyl (C=O) groups excluding carboxylic acids is 1. The van der Waals surface area contributed by atoms with E-state index in [0.717, 1.165) is 23.2 Å². The molecular formula is C22H25N3O. The Morgan fingerprint density at radius 3 is 2.42 bits per heavy atom. The fourth-order valence-corrected chi connectivity index (χ4v) is 2.68. The SMILES string of the molecule is CCc1ccccc1N/C=C(/C#N)C(=O)N(Cc1ccccc1)C(C)C. The molecule has 2 rings (SSSR count). The Kier molecular flexibility index (Phi) is 6.99. The average molecular weight is 347 g/mol. The summed E-state index contributed by atoms with van der Waals surface area (Å²) in [7, 11) is 0. The number of nitrogens with one attached hydrogen (secondary N) is 1. The van der Waals surface area contributed by atoms with Gasteiger partial charge in [0, 0.05) is 24.5 Å². The summed E-state index contributed by atoms with van der Waals surface area (Å²) in [6, 6.07) is 19.7. The lowest BCUT2D eigenvalue weighted by Gasteiger charge is -2.26. The minimum atomic E-state index is -0.271. The second-order valence-electron chi connectivity index (χ2n) is 6.34. The normalized spacial score (nSPS) is 11.1. The van der Waals surface area contributed by atoms with E-state index in [-0.39, 0.29) is 17.5 Å². The molecule has 26 heavy (non-hydrogen) atoms. The second kappa shape index (κ2) is 9.43. The van der Waals surface area contributed by atoms with Crippen LogP contribution in [-0.2, 0) is 17.8 Å². The van der Waals surface area contributed by atoms with Crippen molar-refractivity contribution in [2.45, 2.75) is 39.8 Å². The molecule has 0 saturated carbocycles. The standard InChI is InChI=1S/C22H25N3O/c1-4-19-12-8-9-13-21(19)24-15-20(14-23)22(26)25(17(2)3)16-18-10-6-5-7-11-18/h5-13,15,17,24H,4,16H2,1-3H3/b20-15-. The van der Waals surface area contributed by atoms with Crippen LogP contribution in [0.3, 0.4) is 0 Å². The molecule has 0 saturated heterocycles. The first-order valence-electron chi connectivity index (χ1n) is 8.86. The van der Waals surface area contributed by atoms with E-state index in [0.29, 0.717) is 6.54 Å². The molecule has 4 nitrogen and oxygen atoms in total. The summed E-state index contributed by atoms with van der Waals surface area (Å²) in [5.74, 6) is -0.271. The van der Waals surface area contributed by atoms with Crippen molar-refractivity contribution in [1.29, 1.82) is 5.26 Å². The van der Waals surface area contributed by atoms with Gasteiger partial charge in [0.05, 0.1) is 0 Å². The summed E-state index contributed by atoms with van der Waals surface area (Å²) in [5, 5.41) is 12.6. The Hall–Kier alpha value is -3.06. The molecule has 0 spiro atoms. The third-order valence-electron chi connectivity index (χ3n) is 4.20. The molecule has 1 N–H and O–H groups in total. The lowest BCUT2D eigenvalue weighted by molar-refractivity contribution is -0.129. The van der Waals surface area contributed by atoms with Gasteiger partial charge in [-0.1, -0.05) is 55.5 Å². The molecule has 0 aliphatic rings. The van der Waals surface area contributed by atoms with Crippen LogP contribution >= 0.6 is 0 Å². The number of benzene rings is 2. The quantitative estimate of drug-likeness (QED) is 0.592. The van der Waals surface area contributed by atoms with E-state index in [1.807, 2.05) is 74.5 Å². The minimum Gasteiger partial charge on any atom is -0.360 e. The van der Waals surface area contributed by atoms with Crippen molar-refractivity contribution in [2.75, 3.05) is 5.32 Å². The molecule has 0 aliphatic carbocycles. The highest BCUT2D eigenvalue weighted by atomic mass is 16.2. The van der Waals surface area contributed by atoms with Crippen LogP contribution < -0.4 is 5.32 Å². The van der Waals surface area contributed by atoms with Crippen LogP contribution in [0.5, 0.6) is 0 Å². The molecule has 134 valence electrons. The zero-order valence-electron chi connectivity index (χ0n) is 15.6.